The summed E-state index contributed by atoms with van der Waals surface area (Å²) >= 11 is 0. The number of alkyl halides is 3. The Morgan fingerprint density at radius 3 is 2.18 bits per heavy atom. The molecule has 0 bridgehead atoms. The third-order valence-electron chi connectivity index (χ3n) is 4.77. The smallest absolute Gasteiger partial charge is 0.403 e. The van der Waals surface area contributed by atoms with E-state index in [-0.39, 0.29) is 22.7 Å². The number of nitrogens with zero attached hydrogens (tertiary/aromatic N) is 4. The summed E-state index contributed by atoms with van der Waals surface area (Å²) in [5.41, 5.74) is -1.39. The second kappa shape index (κ2) is 8.14. The first-order valence-electron chi connectivity index (χ1n) is 9.33. The summed E-state index contributed by atoms with van der Waals surface area (Å²) < 4.78 is 71.7. The molecule has 0 atom stereocenters. The van der Waals surface area contributed by atoms with Crippen molar-refractivity contribution in [1.29, 1.82) is 0 Å². The lowest BCUT2D eigenvalue weighted by Crippen LogP contribution is -2.16. The van der Waals surface area contributed by atoms with Crippen molar-refractivity contribution in [2.75, 3.05) is 6.26 Å². The van der Waals surface area contributed by atoms with Crippen LogP contribution in [0.3, 0.4) is 0 Å². The number of aryl methyl sites for hydroxylation is 4. The van der Waals surface area contributed by atoms with Gasteiger partial charge in [0.1, 0.15) is 11.1 Å². The van der Waals surface area contributed by atoms with Gasteiger partial charge in [-0.05, 0) is 32.0 Å². The second-order valence-corrected chi connectivity index (χ2v) is 9.37. The molecule has 0 fully saturated rings. The first-order chi connectivity index (χ1) is 15.1. The minimum atomic E-state index is -4.81. The van der Waals surface area contributed by atoms with Crippen LogP contribution in [0.5, 0.6) is 5.88 Å². The molecule has 0 radical (unpaired) electrons. The molecular formula is C20H19F3N4O5S. The normalized spacial score (nSPS) is 12.1. The highest BCUT2D eigenvalue weighted by Crippen LogP contribution is 2.34. The molecular weight excluding hydrogens is 465 g/mol. The lowest BCUT2D eigenvalue weighted by atomic mass is 10.0. The number of aromatic nitrogens is 4. The molecule has 0 spiro atoms. The van der Waals surface area contributed by atoms with E-state index in [2.05, 4.69) is 10.2 Å². The number of carbonyl (C=O) groups excluding carboxylic acids is 2. The average Bonchev–Trinajstić information content (AvgIpc) is 3.16. The number of benzene rings is 1. The van der Waals surface area contributed by atoms with E-state index in [9.17, 15) is 31.2 Å². The molecule has 33 heavy (non-hydrogen) atoms. The molecule has 0 aliphatic carbocycles. The van der Waals surface area contributed by atoms with Crippen LogP contribution in [-0.2, 0) is 30.1 Å². The number of hydrogen-bond donors (Lipinski definition) is 0. The summed E-state index contributed by atoms with van der Waals surface area (Å²) in [7, 11) is -1.23. The molecule has 9 nitrogen and oxygen atoms in total. The van der Waals surface area contributed by atoms with E-state index in [4.69, 9.17) is 4.74 Å². The van der Waals surface area contributed by atoms with Crippen LogP contribution in [0.4, 0.5) is 13.2 Å². The molecule has 0 saturated heterocycles. The predicted octanol–water partition coefficient (Wildman–Crippen LogP) is 2.64. The molecule has 0 aliphatic heterocycles. The van der Waals surface area contributed by atoms with E-state index in [0.29, 0.717) is 24.1 Å². The largest absolute Gasteiger partial charge is 0.416 e. The van der Waals surface area contributed by atoms with Gasteiger partial charge in [0.2, 0.25) is 11.7 Å². The van der Waals surface area contributed by atoms with E-state index < -0.39 is 43.8 Å². The van der Waals surface area contributed by atoms with Crippen LogP contribution in [0, 0.1) is 13.8 Å². The topological polar surface area (TPSA) is 113 Å². The third-order valence-corrected chi connectivity index (χ3v) is 5.91. The zero-order valence-electron chi connectivity index (χ0n) is 18.2. The SMILES string of the molecule is Cc1nn(C)cc1C(=O)Oc1c(C(=O)c2ccc(C(F)(F)F)cc2S(C)(=O)=O)c(C)nn1C. The molecule has 3 aromatic rings. The fraction of sp³-hybridized carbons (Fsp3) is 0.300. The van der Waals surface area contributed by atoms with E-state index in [1.807, 2.05) is 0 Å². The lowest BCUT2D eigenvalue weighted by molar-refractivity contribution is -0.137. The van der Waals surface area contributed by atoms with Crippen LogP contribution in [0.1, 0.15) is 43.2 Å². The van der Waals surface area contributed by atoms with Gasteiger partial charge in [-0.25, -0.2) is 17.9 Å². The standard InChI is InChI=1S/C20H19F3N4O5S/c1-10-14(9-26(3)24-10)19(29)32-18-16(11(2)25-27(18)4)17(28)13-7-6-12(20(21,22)23)8-15(13)33(5,30)31/h6-9H,1-5H3. The quantitative estimate of drug-likeness (QED) is 0.404. The Labute approximate surface area is 186 Å². The van der Waals surface area contributed by atoms with E-state index in [1.54, 1.807) is 14.0 Å². The van der Waals surface area contributed by atoms with Crippen molar-refractivity contribution in [3.05, 3.63) is 58.0 Å². The summed E-state index contributed by atoms with van der Waals surface area (Å²) in [6, 6.07) is 1.79. The van der Waals surface area contributed by atoms with Gasteiger partial charge in [0.05, 0.1) is 21.8 Å². The van der Waals surface area contributed by atoms with Gasteiger partial charge in [0, 0.05) is 32.1 Å². The Hall–Kier alpha value is -3.48. The minimum Gasteiger partial charge on any atom is -0.403 e. The first-order valence-corrected chi connectivity index (χ1v) is 11.2. The maximum Gasteiger partial charge on any atom is 0.416 e. The van der Waals surface area contributed by atoms with Crippen LogP contribution >= 0.6 is 0 Å². The molecule has 0 saturated carbocycles. The number of carbonyl (C=O) groups is 2. The predicted molar refractivity (Wildman–Crippen MR) is 109 cm³/mol. The fourth-order valence-electron chi connectivity index (χ4n) is 3.29. The summed E-state index contributed by atoms with van der Waals surface area (Å²) in [5.74, 6) is -2.08. The van der Waals surface area contributed by atoms with Crippen LogP contribution in [-0.4, -0.2) is 46.0 Å². The maximum absolute atomic E-state index is 13.3. The minimum absolute atomic E-state index is 0.0903. The van der Waals surface area contributed by atoms with Crippen molar-refractivity contribution in [2.24, 2.45) is 14.1 Å². The second-order valence-electron chi connectivity index (χ2n) is 7.39. The van der Waals surface area contributed by atoms with Crippen molar-refractivity contribution >= 4 is 21.6 Å². The molecule has 0 N–H and O–H groups in total. The molecule has 0 amide bonds. The van der Waals surface area contributed by atoms with E-state index >= 15 is 0 Å². The molecule has 2 heterocycles. The summed E-state index contributed by atoms with van der Waals surface area (Å²) in [6.45, 7) is 3.00. The van der Waals surface area contributed by atoms with Crippen LogP contribution in [0.25, 0.3) is 0 Å². The monoisotopic (exact) mass is 484 g/mol. The molecule has 3 rings (SSSR count). The van der Waals surface area contributed by atoms with Gasteiger partial charge in [0.25, 0.3) is 0 Å². The van der Waals surface area contributed by atoms with Gasteiger partial charge in [0.15, 0.2) is 9.84 Å². The van der Waals surface area contributed by atoms with Crippen molar-refractivity contribution in [1.82, 2.24) is 19.6 Å². The highest BCUT2D eigenvalue weighted by Gasteiger charge is 2.34. The van der Waals surface area contributed by atoms with E-state index in [1.165, 1.54) is 24.9 Å². The highest BCUT2D eigenvalue weighted by atomic mass is 32.2. The number of ketones is 1. The molecule has 176 valence electrons. The van der Waals surface area contributed by atoms with Gasteiger partial charge < -0.3 is 4.74 Å². The first kappa shape index (κ1) is 24.2. The third kappa shape index (κ3) is 4.67. The van der Waals surface area contributed by atoms with Crippen molar-refractivity contribution in [2.45, 2.75) is 24.9 Å². The Morgan fingerprint density at radius 2 is 1.67 bits per heavy atom. The van der Waals surface area contributed by atoms with Crippen LogP contribution in [0.2, 0.25) is 0 Å². The average molecular weight is 484 g/mol. The van der Waals surface area contributed by atoms with Crippen molar-refractivity contribution < 1.29 is 35.9 Å². The van der Waals surface area contributed by atoms with Gasteiger partial charge in [-0.2, -0.15) is 23.4 Å². The number of rotatable bonds is 5. The highest BCUT2D eigenvalue weighted by molar-refractivity contribution is 7.90. The van der Waals surface area contributed by atoms with Gasteiger partial charge in [-0.1, -0.05) is 0 Å². The Bertz CT molecular complexity index is 1390. The Morgan fingerprint density at radius 1 is 1.03 bits per heavy atom. The lowest BCUT2D eigenvalue weighted by Gasteiger charge is -2.13. The van der Waals surface area contributed by atoms with Gasteiger partial charge in [-0.15, -0.1) is 0 Å². The number of hydrogen-bond acceptors (Lipinski definition) is 7. The summed E-state index contributed by atoms with van der Waals surface area (Å²) in [5, 5.41) is 8.09. The number of esters is 1. The number of ether oxygens (including phenoxy) is 1. The number of sulfone groups is 1. The molecule has 1 aromatic carbocycles. The number of halogens is 3. The Balaban J connectivity index is 2.12. The summed E-state index contributed by atoms with van der Waals surface area (Å²) in [4.78, 5) is 25.2. The molecule has 0 aliphatic rings. The molecule has 0 unspecified atom stereocenters. The van der Waals surface area contributed by atoms with Gasteiger partial charge >= 0.3 is 12.1 Å². The summed E-state index contributed by atoms with van der Waals surface area (Å²) in [6.07, 6.45) is -2.70. The molecule has 2 aromatic heterocycles. The van der Waals surface area contributed by atoms with Crippen LogP contribution in [0.15, 0.2) is 29.3 Å². The Kier molecular flexibility index (Phi) is 5.96. The fourth-order valence-corrected chi connectivity index (χ4v) is 4.19. The zero-order valence-corrected chi connectivity index (χ0v) is 19.0. The van der Waals surface area contributed by atoms with Crippen molar-refractivity contribution in [3.8, 4) is 5.88 Å². The zero-order chi connectivity index (χ0) is 24.9. The maximum atomic E-state index is 13.3. The molecule has 13 heteroatoms. The van der Waals surface area contributed by atoms with Gasteiger partial charge in [-0.3, -0.25) is 9.48 Å². The van der Waals surface area contributed by atoms with Crippen molar-refractivity contribution in [3.63, 3.8) is 0 Å². The van der Waals surface area contributed by atoms with Crippen LogP contribution < -0.4 is 4.74 Å². The van der Waals surface area contributed by atoms with E-state index in [0.717, 1.165) is 10.7 Å².